The number of carbonyl (C=O) groups is 2. The van der Waals surface area contributed by atoms with Crippen molar-refractivity contribution < 1.29 is 14.3 Å². The van der Waals surface area contributed by atoms with Crippen molar-refractivity contribution in [2.75, 3.05) is 42.9 Å². The van der Waals surface area contributed by atoms with Crippen molar-refractivity contribution >= 4 is 35.0 Å². The summed E-state index contributed by atoms with van der Waals surface area (Å²) in [6, 6.07) is 5.57. The molecule has 2 aromatic rings. The van der Waals surface area contributed by atoms with Gasteiger partial charge in [0.05, 0.1) is 24.4 Å². The van der Waals surface area contributed by atoms with Crippen LogP contribution in [0.4, 0.5) is 23.1 Å². The van der Waals surface area contributed by atoms with E-state index in [1.807, 2.05) is 7.05 Å². The maximum absolute atomic E-state index is 13.4. The number of ether oxygens (including phenoxy) is 1. The monoisotopic (exact) mass is 464 g/mol. The van der Waals surface area contributed by atoms with E-state index in [-0.39, 0.29) is 17.2 Å². The molecular formula is C25H32N6O3. The van der Waals surface area contributed by atoms with Crippen molar-refractivity contribution in [3.05, 3.63) is 30.0 Å². The molecule has 34 heavy (non-hydrogen) atoms. The highest BCUT2D eigenvalue weighted by molar-refractivity contribution is 6.03. The molecule has 0 bridgehead atoms. The van der Waals surface area contributed by atoms with Crippen LogP contribution >= 0.6 is 0 Å². The van der Waals surface area contributed by atoms with E-state index < -0.39 is 0 Å². The van der Waals surface area contributed by atoms with Gasteiger partial charge in [-0.2, -0.15) is 4.98 Å². The van der Waals surface area contributed by atoms with Crippen molar-refractivity contribution in [2.45, 2.75) is 45.1 Å². The Morgan fingerprint density at radius 1 is 1.26 bits per heavy atom. The number of anilines is 4. The van der Waals surface area contributed by atoms with Crippen molar-refractivity contribution in [1.29, 1.82) is 0 Å². The van der Waals surface area contributed by atoms with E-state index in [1.165, 1.54) is 12.8 Å². The van der Waals surface area contributed by atoms with E-state index in [9.17, 15) is 9.59 Å². The van der Waals surface area contributed by atoms with Crippen LogP contribution in [-0.2, 0) is 4.79 Å². The van der Waals surface area contributed by atoms with Crippen LogP contribution in [0.5, 0.6) is 5.75 Å². The van der Waals surface area contributed by atoms with Gasteiger partial charge in [0.2, 0.25) is 11.9 Å². The molecular weight excluding hydrogens is 432 g/mol. The first-order valence-electron chi connectivity index (χ1n) is 12.0. The molecule has 2 saturated carbocycles. The first-order valence-corrected chi connectivity index (χ1v) is 12.0. The molecule has 2 N–H and O–H groups in total. The molecule has 1 aliphatic heterocycles. The molecule has 2 fully saturated rings. The molecule has 1 spiro atoms. The molecule has 2 atom stereocenters. The average molecular weight is 465 g/mol. The molecule has 9 nitrogen and oxygen atoms in total. The third-order valence-corrected chi connectivity index (χ3v) is 7.72. The average Bonchev–Trinajstić information content (AvgIpc) is 3.25. The Morgan fingerprint density at radius 2 is 2.00 bits per heavy atom. The van der Waals surface area contributed by atoms with Crippen LogP contribution in [0.1, 0.15) is 49.4 Å². The van der Waals surface area contributed by atoms with E-state index >= 15 is 0 Å². The first-order chi connectivity index (χ1) is 16.4. The van der Waals surface area contributed by atoms with Crippen LogP contribution in [0.15, 0.2) is 24.4 Å². The number of hydrogen-bond donors (Lipinski definition) is 2. The van der Waals surface area contributed by atoms with Gasteiger partial charge in [-0.05, 0) is 43.4 Å². The number of nitrogens with one attached hydrogen (secondary N) is 2. The number of carbonyl (C=O) groups excluding carboxylic acids is 2. The minimum Gasteiger partial charge on any atom is -0.495 e. The lowest BCUT2D eigenvalue weighted by Crippen LogP contribution is -2.42. The summed E-state index contributed by atoms with van der Waals surface area (Å²) in [5.41, 5.74) is 1.59. The number of fused-ring (bicyclic) bond motifs is 1. The number of amides is 2. The number of aromatic nitrogens is 2. The standard InChI is InChI=1S/C25H32N6O3/c1-15-12-25(15)14-31(17-7-5-6-8-17)21-19(30(3)23(25)33)13-27-24(29-21)28-18-10-9-16(22(32)26-2)11-20(18)34-4/h9-11,13,15,17H,5-8,12,14H2,1-4H3,(H,26,32)(H,27,28,29). The van der Waals surface area contributed by atoms with Gasteiger partial charge in [-0.3, -0.25) is 9.59 Å². The Hall–Kier alpha value is -3.36. The smallest absolute Gasteiger partial charge is 0.251 e. The fraction of sp³-hybridized carbons (Fsp3) is 0.520. The van der Waals surface area contributed by atoms with Gasteiger partial charge in [0.1, 0.15) is 11.4 Å². The van der Waals surface area contributed by atoms with Crippen molar-refractivity contribution in [1.82, 2.24) is 15.3 Å². The Bertz CT molecular complexity index is 1130. The summed E-state index contributed by atoms with van der Waals surface area (Å²) in [4.78, 5) is 39.0. The molecule has 2 heterocycles. The van der Waals surface area contributed by atoms with Crippen LogP contribution in [0.25, 0.3) is 0 Å². The molecule has 5 rings (SSSR count). The van der Waals surface area contributed by atoms with Crippen molar-refractivity contribution in [3.8, 4) is 5.75 Å². The summed E-state index contributed by atoms with van der Waals surface area (Å²) in [5.74, 6) is 2.09. The molecule has 0 saturated heterocycles. The highest BCUT2D eigenvalue weighted by Crippen LogP contribution is 2.57. The minimum atomic E-state index is -0.329. The molecule has 2 aliphatic carbocycles. The molecule has 0 radical (unpaired) electrons. The molecule has 1 aromatic carbocycles. The zero-order chi connectivity index (χ0) is 24.0. The molecule has 2 amide bonds. The predicted molar refractivity (Wildman–Crippen MR) is 131 cm³/mol. The maximum Gasteiger partial charge on any atom is 0.251 e. The fourth-order valence-electron chi connectivity index (χ4n) is 5.49. The van der Waals surface area contributed by atoms with Gasteiger partial charge in [0.15, 0.2) is 5.82 Å². The molecule has 9 heteroatoms. The lowest BCUT2D eigenvalue weighted by molar-refractivity contribution is -0.123. The Kier molecular flexibility index (Phi) is 5.58. The number of hydrogen-bond acceptors (Lipinski definition) is 7. The first kappa shape index (κ1) is 22.4. The number of methoxy groups -OCH3 is 1. The Labute approximate surface area is 199 Å². The van der Waals surface area contributed by atoms with Crippen molar-refractivity contribution in [3.63, 3.8) is 0 Å². The van der Waals surface area contributed by atoms with E-state index in [0.717, 1.165) is 30.8 Å². The second-order valence-corrected chi connectivity index (χ2v) is 9.71. The SMILES string of the molecule is CNC(=O)c1ccc(Nc2ncc3c(n2)N(C2CCCC2)CC2(CC2C)C(=O)N3C)c(OC)c1. The van der Waals surface area contributed by atoms with Crippen molar-refractivity contribution in [2.24, 2.45) is 11.3 Å². The van der Waals surface area contributed by atoms with Crippen LogP contribution in [0.2, 0.25) is 0 Å². The second kappa shape index (κ2) is 8.45. The number of benzene rings is 1. The third kappa shape index (κ3) is 3.63. The number of rotatable bonds is 5. The van der Waals surface area contributed by atoms with Gasteiger partial charge < -0.3 is 25.2 Å². The fourth-order valence-corrected chi connectivity index (χ4v) is 5.49. The van der Waals surface area contributed by atoms with Gasteiger partial charge in [-0.25, -0.2) is 4.98 Å². The molecule has 2 unspecified atom stereocenters. The highest BCUT2D eigenvalue weighted by atomic mass is 16.5. The summed E-state index contributed by atoms with van der Waals surface area (Å²) in [6.45, 7) is 2.87. The molecule has 180 valence electrons. The van der Waals surface area contributed by atoms with Gasteiger partial charge in [0.25, 0.3) is 5.91 Å². The Balaban J connectivity index is 1.51. The maximum atomic E-state index is 13.4. The van der Waals surface area contributed by atoms with E-state index in [2.05, 4.69) is 27.4 Å². The van der Waals surface area contributed by atoms with Crippen LogP contribution in [0.3, 0.4) is 0 Å². The van der Waals surface area contributed by atoms with Gasteiger partial charge >= 0.3 is 0 Å². The summed E-state index contributed by atoms with van der Waals surface area (Å²) < 4.78 is 5.51. The second-order valence-electron chi connectivity index (χ2n) is 9.71. The normalized spacial score (nSPS) is 24.1. The van der Waals surface area contributed by atoms with Gasteiger partial charge in [-0.1, -0.05) is 19.8 Å². The zero-order valence-electron chi connectivity index (χ0n) is 20.2. The van der Waals surface area contributed by atoms with Crippen LogP contribution < -0.4 is 25.2 Å². The third-order valence-electron chi connectivity index (χ3n) is 7.72. The minimum absolute atomic E-state index is 0.164. The summed E-state index contributed by atoms with van der Waals surface area (Å²) in [7, 11) is 4.99. The van der Waals surface area contributed by atoms with Gasteiger partial charge in [0, 0.05) is 32.2 Å². The Morgan fingerprint density at radius 3 is 2.65 bits per heavy atom. The van der Waals surface area contributed by atoms with Crippen LogP contribution in [0, 0.1) is 11.3 Å². The van der Waals surface area contributed by atoms with E-state index in [4.69, 9.17) is 9.72 Å². The quantitative estimate of drug-likeness (QED) is 0.700. The lowest BCUT2D eigenvalue weighted by Gasteiger charge is -2.31. The zero-order valence-corrected chi connectivity index (χ0v) is 20.2. The summed E-state index contributed by atoms with van der Waals surface area (Å²) in [5, 5.41) is 5.87. The predicted octanol–water partition coefficient (Wildman–Crippen LogP) is 3.34. The van der Waals surface area contributed by atoms with Gasteiger partial charge in [-0.15, -0.1) is 0 Å². The summed E-state index contributed by atoms with van der Waals surface area (Å²) in [6.07, 6.45) is 7.29. The largest absolute Gasteiger partial charge is 0.495 e. The summed E-state index contributed by atoms with van der Waals surface area (Å²) >= 11 is 0. The van der Waals surface area contributed by atoms with E-state index in [0.29, 0.717) is 41.5 Å². The van der Waals surface area contributed by atoms with Crippen LogP contribution in [-0.4, -0.2) is 55.6 Å². The molecule has 1 aromatic heterocycles. The lowest BCUT2D eigenvalue weighted by atomic mass is 10.0. The highest BCUT2D eigenvalue weighted by Gasteiger charge is 2.61. The topological polar surface area (TPSA) is 99.7 Å². The van der Waals surface area contributed by atoms with E-state index in [1.54, 1.807) is 43.5 Å². The number of nitrogens with zero attached hydrogens (tertiary/aromatic N) is 4. The molecule has 3 aliphatic rings.